The van der Waals surface area contributed by atoms with Gasteiger partial charge >= 0.3 is 0 Å². The third kappa shape index (κ3) is 4.45. The van der Waals surface area contributed by atoms with Gasteiger partial charge in [0.15, 0.2) is 5.69 Å². The van der Waals surface area contributed by atoms with Crippen LogP contribution in [-0.2, 0) is 6.54 Å². The summed E-state index contributed by atoms with van der Waals surface area (Å²) in [7, 11) is 0. The van der Waals surface area contributed by atoms with E-state index in [-0.39, 0.29) is 11.6 Å². The van der Waals surface area contributed by atoms with Crippen LogP contribution in [0.5, 0.6) is 0 Å². The van der Waals surface area contributed by atoms with Crippen molar-refractivity contribution in [2.45, 2.75) is 26.3 Å². The summed E-state index contributed by atoms with van der Waals surface area (Å²) in [5.41, 5.74) is 3.34. The average Bonchev–Trinajstić information content (AvgIpc) is 2.68. The van der Waals surface area contributed by atoms with E-state index >= 15 is 0 Å². The van der Waals surface area contributed by atoms with Crippen LogP contribution < -0.4 is 10.6 Å². The maximum Gasteiger partial charge on any atom is 0.276 e. The van der Waals surface area contributed by atoms with Crippen molar-refractivity contribution < 1.29 is 4.79 Å². The van der Waals surface area contributed by atoms with Crippen molar-refractivity contribution >= 4 is 17.4 Å². The monoisotopic (exact) mass is 346 g/mol. The smallest absolute Gasteiger partial charge is 0.276 e. The van der Waals surface area contributed by atoms with E-state index < -0.39 is 0 Å². The summed E-state index contributed by atoms with van der Waals surface area (Å²) in [6.45, 7) is 4.85. The summed E-state index contributed by atoms with van der Waals surface area (Å²) in [4.78, 5) is 12.4. The zero-order valence-electron chi connectivity index (χ0n) is 14.9. The molecule has 0 spiro atoms. The fourth-order valence-corrected chi connectivity index (χ4v) is 2.64. The Kier molecular flexibility index (Phi) is 5.59. The number of hydrogen-bond donors (Lipinski definition) is 2. The Bertz CT molecular complexity index is 861. The minimum Gasteiger partial charge on any atom is -0.365 e. The summed E-state index contributed by atoms with van der Waals surface area (Å²) in [5.74, 6) is 0.690. The molecule has 132 valence electrons. The van der Waals surface area contributed by atoms with Crippen LogP contribution in [0.15, 0.2) is 66.7 Å². The molecular formula is C21H22N4O. The lowest BCUT2D eigenvalue weighted by Crippen LogP contribution is -2.16. The highest BCUT2D eigenvalue weighted by molar-refractivity contribution is 6.03. The Hall–Kier alpha value is -3.21. The fourth-order valence-electron chi connectivity index (χ4n) is 2.64. The van der Waals surface area contributed by atoms with Crippen LogP contribution in [0, 0.1) is 0 Å². The fraction of sp³-hybridized carbons (Fsp3) is 0.190. The minimum absolute atomic E-state index is 0.264. The SMILES string of the molecule is CC(C)c1ccccc1NC(=O)c1ccc(NCc2ccccc2)nn1. The van der Waals surface area contributed by atoms with Crippen LogP contribution in [0.4, 0.5) is 11.5 Å². The van der Waals surface area contributed by atoms with E-state index in [1.165, 1.54) is 0 Å². The van der Waals surface area contributed by atoms with Gasteiger partial charge in [-0.1, -0.05) is 62.4 Å². The first-order chi connectivity index (χ1) is 12.6. The third-order valence-electron chi connectivity index (χ3n) is 4.04. The quantitative estimate of drug-likeness (QED) is 0.691. The van der Waals surface area contributed by atoms with Gasteiger partial charge in [-0.15, -0.1) is 10.2 Å². The average molecular weight is 346 g/mol. The molecule has 0 aliphatic heterocycles. The number of aromatic nitrogens is 2. The molecule has 0 saturated heterocycles. The van der Waals surface area contributed by atoms with Gasteiger partial charge in [-0.25, -0.2) is 0 Å². The van der Waals surface area contributed by atoms with Crippen LogP contribution in [0.2, 0.25) is 0 Å². The lowest BCUT2D eigenvalue weighted by atomic mass is 10.0. The highest BCUT2D eigenvalue weighted by Gasteiger charge is 2.12. The highest BCUT2D eigenvalue weighted by atomic mass is 16.1. The predicted molar refractivity (Wildman–Crippen MR) is 104 cm³/mol. The van der Waals surface area contributed by atoms with Crippen LogP contribution in [-0.4, -0.2) is 16.1 Å². The van der Waals surface area contributed by atoms with Crippen molar-refractivity contribution in [3.05, 3.63) is 83.6 Å². The summed E-state index contributed by atoms with van der Waals surface area (Å²) < 4.78 is 0. The largest absolute Gasteiger partial charge is 0.365 e. The van der Waals surface area contributed by atoms with Crippen molar-refractivity contribution in [1.29, 1.82) is 0 Å². The normalized spacial score (nSPS) is 10.6. The summed E-state index contributed by atoms with van der Waals surface area (Å²) in [6.07, 6.45) is 0. The molecule has 0 fully saturated rings. The third-order valence-corrected chi connectivity index (χ3v) is 4.04. The molecule has 0 aliphatic rings. The van der Waals surface area contributed by atoms with Crippen molar-refractivity contribution in [3.8, 4) is 0 Å². The van der Waals surface area contributed by atoms with E-state index in [9.17, 15) is 4.79 Å². The summed E-state index contributed by atoms with van der Waals surface area (Å²) in [5, 5.41) is 14.2. The molecule has 2 N–H and O–H groups in total. The van der Waals surface area contributed by atoms with Crippen LogP contribution in [0.25, 0.3) is 0 Å². The number of benzene rings is 2. The maximum absolute atomic E-state index is 12.4. The molecule has 1 aromatic heterocycles. The van der Waals surface area contributed by atoms with Gasteiger partial charge in [0.05, 0.1) is 0 Å². The van der Waals surface area contributed by atoms with Gasteiger partial charge in [0.2, 0.25) is 0 Å². The molecule has 3 aromatic rings. The molecule has 2 aromatic carbocycles. The lowest BCUT2D eigenvalue weighted by Gasteiger charge is -2.13. The zero-order valence-corrected chi connectivity index (χ0v) is 14.9. The molecule has 0 unspecified atom stereocenters. The number of rotatable bonds is 6. The van der Waals surface area contributed by atoms with E-state index in [0.29, 0.717) is 18.3 Å². The molecule has 5 nitrogen and oxygen atoms in total. The number of nitrogens with zero attached hydrogens (tertiary/aromatic N) is 2. The Morgan fingerprint density at radius 1 is 0.923 bits per heavy atom. The van der Waals surface area contributed by atoms with E-state index in [4.69, 9.17) is 0 Å². The standard InChI is InChI=1S/C21H22N4O/c1-15(2)17-10-6-7-11-18(17)23-21(26)19-12-13-20(25-24-19)22-14-16-8-4-3-5-9-16/h3-13,15H,14H2,1-2H3,(H,22,25)(H,23,26). The van der Waals surface area contributed by atoms with Gasteiger partial charge in [0.25, 0.3) is 5.91 Å². The molecule has 1 heterocycles. The van der Waals surface area contributed by atoms with Crippen molar-refractivity contribution in [2.24, 2.45) is 0 Å². The first kappa shape index (κ1) is 17.6. The molecule has 0 saturated carbocycles. The molecule has 26 heavy (non-hydrogen) atoms. The maximum atomic E-state index is 12.4. The summed E-state index contributed by atoms with van der Waals surface area (Å²) >= 11 is 0. The van der Waals surface area contributed by atoms with Crippen molar-refractivity contribution in [1.82, 2.24) is 10.2 Å². The van der Waals surface area contributed by atoms with E-state index in [1.54, 1.807) is 12.1 Å². The van der Waals surface area contributed by atoms with Gasteiger partial charge in [-0.2, -0.15) is 0 Å². The van der Waals surface area contributed by atoms with Crippen LogP contribution in [0.1, 0.15) is 41.4 Å². The molecular weight excluding hydrogens is 324 g/mol. The second-order valence-electron chi connectivity index (χ2n) is 6.34. The zero-order chi connectivity index (χ0) is 18.4. The van der Waals surface area contributed by atoms with Crippen LogP contribution in [0.3, 0.4) is 0 Å². The highest BCUT2D eigenvalue weighted by Crippen LogP contribution is 2.24. The van der Waals surface area contributed by atoms with Gasteiger partial charge in [-0.3, -0.25) is 4.79 Å². The Balaban J connectivity index is 1.64. The van der Waals surface area contributed by atoms with E-state index in [0.717, 1.165) is 16.8 Å². The summed E-state index contributed by atoms with van der Waals surface area (Å²) in [6, 6.07) is 21.3. The number of carbonyl (C=O) groups excluding carboxylic acids is 1. The molecule has 0 bridgehead atoms. The lowest BCUT2D eigenvalue weighted by molar-refractivity contribution is 0.102. The minimum atomic E-state index is -0.264. The van der Waals surface area contributed by atoms with Gasteiger partial charge in [-0.05, 0) is 35.2 Å². The van der Waals surface area contributed by atoms with Gasteiger partial charge in [0.1, 0.15) is 5.82 Å². The van der Waals surface area contributed by atoms with Crippen molar-refractivity contribution in [3.63, 3.8) is 0 Å². The van der Waals surface area contributed by atoms with Gasteiger partial charge < -0.3 is 10.6 Å². The topological polar surface area (TPSA) is 66.9 Å². The molecule has 5 heteroatoms. The first-order valence-corrected chi connectivity index (χ1v) is 8.65. The number of para-hydroxylation sites is 1. The van der Waals surface area contributed by atoms with Crippen LogP contribution >= 0.6 is 0 Å². The molecule has 0 radical (unpaired) electrons. The number of nitrogens with one attached hydrogen (secondary N) is 2. The number of amides is 1. The van der Waals surface area contributed by atoms with Gasteiger partial charge in [0, 0.05) is 12.2 Å². The first-order valence-electron chi connectivity index (χ1n) is 8.65. The molecule has 3 rings (SSSR count). The Morgan fingerprint density at radius 3 is 2.35 bits per heavy atom. The van der Waals surface area contributed by atoms with E-state index in [1.807, 2.05) is 54.6 Å². The van der Waals surface area contributed by atoms with Crippen molar-refractivity contribution in [2.75, 3.05) is 10.6 Å². The Labute approximate surface area is 153 Å². The second-order valence-corrected chi connectivity index (χ2v) is 6.34. The molecule has 0 aliphatic carbocycles. The second kappa shape index (κ2) is 8.25. The Morgan fingerprint density at radius 2 is 1.65 bits per heavy atom. The number of hydrogen-bond acceptors (Lipinski definition) is 4. The number of carbonyl (C=O) groups is 1. The van der Waals surface area contributed by atoms with E-state index in [2.05, 4.69) is 34.7 Å². The predicted octanol–water partition coefficient (Wildman–Crippen LogP) is 4.46. The number of anilines is 2. The molecule has 0 atom stereocenters. The molecule has 1 amide bonds.